The van der Waals surface area contributed by atoms with E-state index in [1.54, 1.807) is 19.1 Å². The predicted octanol–water partition coefficient (Wildman–Crippen LogP) is 5.94. The van der Waals surface area contributed by atoms with Crippen LogP contribution in [0.15, 0.2) is 97.1 Å². The maximum atomic E-state index is 12.3. The standard InChI is InChI=1S/C41H46N4O8/c1-27-38(25-43-19-21-44(22-20-43)36-15-17-37(18-16-36)45(49)50)52-41(53-39(27)33-9-7-30(26-46)8-10-33)34-13-11-32(12-14-34)35-6-4-5-31(23-35)24-42-40(48)28(2)51-29(3)47/h4-18,23,27-28,38-39,41,46H,19-22,24-26H2,1-3H3,(H,42,48)/t27-,28+,38+,39+,41+/m1/s1. The summed E-state index contributed by atoms with van der Waals surface area (Å²) in [5.41, 5.74) is 6.72. The first-order valence-corrected chi connectivity index (χ1v) is 17.9. The molecule has 4 aromatic rings. The Morgan fingerprint density at radius 1 is 0.906 bits per heavy atom. The van der Waals surface area contributed by atoms with E-state index in [0.29, 0.717) is 6.54 Å². The number of piperazine rings is 1. The number of amides is 1. The monoisotopic (exact) mass is 722 g/mol. The van der Waals surface area contributed by atoms with Crippen LogP contribution in [0.5, 0.6) is 0 Å². The van der Waals surface area contributed by atoms with Gasteiger partial charge in [-0.2, -0.15) is 0 Å². The third-order valence-corrected chi connectivity index (χ3v) is 9.98. The molecule has 2 saturated heterocycles. The summed E-state index contributed by atoms with van der Waals surface area (Å²) in [4.78, 5) is 38.9. The van der Waals surface area contributed by atoms with Gasteiger partial charge < -0.3 is 29.5 Å². The lowest BCUT2D eigenvalue weighted by molar-refractivity contribution is -0.384. The van der Waals surface area contributed by atoms with E-state index in [1.165, 1.54) is 6.92 Å². The molecule has 4 aromatic carbocycles. The average Bonchev–Trinajstić information content (AvgIpc) is 3.18. The molecule has 278 valence electrons. The summed E-state index contributed by atoms with van der Waals surface area (Å²) in [5, 5.41) is 23.5. The lowest BCUT2D eigenvalue weighted by Gasteiger charge is -2.44. The van der Waals surface area contributed by atoms with E-state index in [1.807, 2.05) is 84.9 Å². The third-order valence-electron chi connectivity index (χ3n) is 9.98. The third kappa shape index (κ3) is 9.46. The van der Waals surface area contributed by atoms with Gasteiger partial charge in [0.2, 0.25) is 0 Å². The second-order valence-corrected chi connectivity index (χ2v) is 13.7. The minimum atomic E-state index is -0.866. The van der Waals surface area contributed by atoms with Crippen LogP contribution in [0, 0.1) is 16.0 Å². The van der Waals surface area contributed by atoms with Gasteiger partial charge in [0, 0.05) is 75.5 Å². The van der Waals surface area contributed by atoms with Crippen molar-refractivity contribution in [1.82, 2.24) is 10.2 Å². The number of hydrogen-bond donors (Lipinski definition) is 2. The largest absolute Gasteiger partial charge is 0.453 e. The van der Waals surface area contributed by atoms with Crippen molar-refractivity contribution >= 4 is 23.3 Å². The van der Waals surface area contributed by atoms with Crippen molar-refractivity contribution in [1.29, 1.82) is 0 Å². The molecule has 2 aliphatic rings. The Morgan fingerprint density at radius 2 is 1.58 bits per heavy atom. The highest BCUT2D eigenvalue weighted by Gasteiger charge is 2.39. The van der Waals surface area contributed by atoms with Gasteiger partial charge in [0.25, 0.3) is 11.6 Å². The van der Waals surface area contributed by atoms with Crippen molar-refractivity contribution in [3.05, 3.63) is 129 Å². The average molecular weight is 723 g/mol. The normalized spacial score (nSPS) is 21.1. The molecule has 0 aromatic heterocycles. The van der Waals surface area contributed by atoms with Crippen LogP contribution in [0.2, 0.25) is 0 Å². The fourth-order valence-corrected chi connectivity index (χ4v) is 6.89. The number of aliphatic hydroxyl groups is 1. The van der Waals surface area contributed by atoms with Crippen LogP contribution in [-0.2, 0) is 37.0 Å². The summed E-state index contributed by atoms with van der Waals surface area (Å²) in [6.45, 7) is 9.22. The molecule has 2 N–H and O–H groups in total. The number of hydrogen-bond acceptors (Lipinski definition) is 10. The zero-order chi connectivity index (χ0) is 37.5. The van der Waals surface area contributed by atoms with Gasteiger partial charge in [-0.1, -0.05) is 73.7 Å². The molecule has 2 fully saturated rings. The summed E-state index contributed by atoms with van der Waals surface area (Å²) in [5.74, 6) is -0.822. The molecule has 0 aliphatic carbocycles. The van der Waals surface area contributed by atoms with Gasteiger partial charge in [0.05, 0.1) is 23.7 Å². The number of benzene rings is 4. The molecule has 0 radical (unpaired) electrons. The zero-order valence-corrected chi connectivity index (χ0v) is 30.2. The second kappa shape index (κ2) is 17.1. The lowest BCUT2D eigenvalue weighted by Crippen LogP contribution is -2.51. The van der Waals surface area contributed by atoms with Crippen LogP contribution < -0.4 is 10.2 Å². The van der Waals surface area contributed by atoms with Gasteiger partial charge in [0.15, 0.2) is 12.4 Å². The molecule has 0 bridgehead atoms. The highest BCUT2D eigenvalue weighted by atomic mass is 16.7. The Morgan fingerprint density at radius 3 is 2.23 bits per heavy atom. The first-order valence-electron chi connectivity index (χ1n) is 17.9. The van der Waals surface area contributed by atoms with Crippen molar-refractivity contribution in [3.63, 3.8) is 0 Å². The molecular formula is C41H46N4O8. The van der Waals surface area contributed by atoms with Crippen molar-refractivity contribution in [3.8, 4) is 11.1 Å². The number of carbonyl (C=O) groups excluding carboxylic acids is 2. The topological polar surface area (TPSA) is 144 Å². The number of rotatable bonds is 12. The Bertz CT molecular complexity index is 1860. The predicted molar refractivity (Wildman–Crippen MR) is 200 cm³/mol. The summed E-state index contributed by atoms with van der Waals surface area (Å²) in [6.07, 6.45) is -1.83. The van der Waals surface area contributed by atoms with Crippen LogP contribution in [0.25, 0.3) is 11.1 Å². The molecule has 12 heteroatoms. The van der Waals surface area contributed by atoms with Crippen molar-refractivity contribution in [2.75, 3.05) is 37.6 Å². The molecule has 6 rings (SSSR count). The van der Waals surface area contributed by atoms with Gasteiger partial charge in [-0.25, -0.2) is 0 Å². The number of esters is 1. The number of nitro groups is 1. The van der Waals surface area contributed by atoms with Gasteiger partial charge in [-0.3, -0.25) is 24.6 Å². The van der Waals surface area contributed by atoms with Gasteiger partial charge in [0.1, 0.15) is 0 Å². The maximum Gasteiger partial charge on any atom is 0.303 e. The first-order chi connectivity index (χ1) is 25.6. The summed E-state index contributed by atoms with van der Waals surface area (Å²) in [7, 11) is 0. The smallest absolute Gasteiger partial charge is 0.303 e. The molecule has 0 spiro atoms. The van der Waals surface area contributed by atoms with Crippen LogP contribution in [0.3, 0.4) is 0 Å². The van der Waals surface area contributed by atoms with Gasteiger partial charge >= 0.3 is 5.97 Å². The second-order valence-electron chi connectivity index (χ2n) is 13.7. The summed E-state index contributed by atoms with van der Waals surface area (Å²) >= 11 is 0. The molecule has 12 nitrogen and oxygen atoms in total. The number of non-ortho nitro benzene ring substituents is 1. The SMILES string of the molecule is CC(=O)O[C@@H](C)C(=O)NCc1cccc(-c2ccc([C@H]3O[C@@H](CN4CCN(c5ccc([N+](=O)[O-])cc5)CC4)[C@@H](C)[C@@H](c4ccc(CO)cc4)O3)cc2)c1. The maximum absolute atomic E-state index is 12.3. The number of aliphatic hydroxyl groups excluding tert-OH is 1. The molecule has 53 heavy (non-hydrogen) atoms. The highest BCUT2D eigenvalue weighted by Crippen LogP contribution is 2.42. The van der Waals surface area contributed by atoms with Crippen LogP contribution in [0.1, 0.15) is 55.4 Å². The van der Waals surface area contributed by atoms with E-state index in [0.717, 1.165) is 71.8 Å². The number of nitrogens with one attached hydrogen (secondary N) is 1. The van der Waals surface area contributed by atoms with Crippen LogP contribution >= 0.6 is 0 Å². The fraction of sp³-hybridized carbons (Fsp3) is 0.366. The molecule has 2 heterocycles. The Balaban J connectivity index is 1.14. The molecule has 5 atom stereocenters. The van der Waals surface area contributed by atoms with Crippen molar-refractivity contribution in [2.45, 2.75) is 58.5 Å². The van der Waals surface area contributed by atoms with E-state index in [4.69, 9.17) is 14.2 Å². The summed E-state index contributed by atoms with van der Waals surface area (Å²) < 4.78 is 18.4. The molecule has 0 unspecified atom stereocenters. The summed E-state index contributed by atoms with van der Waals surface area (Å²) in [6, 6.07) is 30.7. The van der Waals surface area contributed by atoms with Gasteiger partial charge in [-0.05, 0) is 52.9 Å². The molecule has 0 saturated carbocycles. The molecule has 2 aliphatic heterocycles. The van der Waals surface area contributed by atoms with E-state index < -0.39 is 18.4 Å². The highest BCUT2D eigenvalue weighted by molar-refractivity contribution is 5.82. The van der Waals surface area contributed by atoms with E-state index >= 15 is 0 Å². The Hall–Kier alpha value is -5.14. The van der Waals surface area contributed by atoms with Crippen LogP contribution in [0.4, 0.5) is 11.4 Å². The van der Waals surface area contributed by atoms with Crippen molar-refractivity contribution in [2.24, 2.45) is 5.92 Å². The fourth-order valence-electron chi connectivity index (χ4n) is 6.89. The van der Waals surface area contributed by atoms with Gasteiger partial charge in [-0.15, -0.1) is 0 Å². The van der Waals surface area contributed by atoms with E-state index in [9.17, 15) is 24.8 Å². The van der Waals surface area contributed by atoms with E-state index in [-0.39, 0.29) is 41.3 Å². The quantitative estimate of drug-likeness (QED) is 0.103. The molecule has 1 amide bonds. The minimum Gasteiger partial charge on any atom is -0.453 e. The molecular weight excluding hydrogens is 676 g/mol. The minimum absolute atomic E-state index is 0.0270. The van der Waals surface area contributed by atoms with E-state index in [2.05, 4.69) is 22.0 Å². The number of ether oxygens (including phenoxy) is 3. The Labute approximate surface area is 309 Å². The zero-order valence-electron chi connectivity index (χ0n) is 30.2. The number of carbonyl (C=O) groups is 2. The number of anilines is 1. The van der Waals surface area contributed by atoms with Crippen molar-refractivity contribution < 1.29 is 33.8 Å². The lowest BCUT2D eigenvalue weighted by atomic mass is 9.89. The first kappa shape index (κ1) is 37.6. The number of nitro benzene ring substituents is 1. The Kier molecular flexibility index (Phi) is 12.2. The number of nitrogens with zero attached hydrogens (tertiary/aromatic N) is 3. The van der Waals surface area contributed by atoms with Crippen LogP contribution in [-0.4, -0.2) is 71.7 Å².